The van der Waals surface area contributed by atoms with Gasteiger partial charge in [0.1, 0.15) is 0 Å². The number of aliphatic hydroxyl groups is 1. The highest BCUT2D eigenvalue weighted by atomic mass is 16.5. The maximum atomic E-state index is 12.4. The van der Waals surface area contributed by atoms with E-state index < -0.39 is 0 Å². The zero-order chi connectivity index (χ0) is 93.5. The highest BCUT2D eigenvalue weighted by Crippen LogP contribution is 2.47. The van der Waals surface area contributed by atoms with Gasteiger partial charge in [-0.15, -0.1) is 0 Å². The minimum atomic E-state index is 0.0547. The lowest BCUT2D eigenvalue weighted by molar-refractivity contribution is 0.0366. The third-order valence-electron chi connectivity index (χ3n) is 29.1. The predicted octanol–water partition coefficient (Wildman–Crippen LogP) is 22.2. The molecule has 2 fully saturated rings. The van der Waals surface area contributed by atoms with Crippen molar-refractivity contribution in [3.8, 4) is 0 Å². The summed E-state index contributed by atoms with van der Waals surface area (Å²) in [4.78, 5) is 105. The Bertz CT molecular complexity index is 6710. The molecule has 4 aliphatic carbocycles. The largest absolute Gasteiger partial charge is 0.395 e. The van der Waals surface area contributed by atoms with E-state index in [1.807, 2.05) is 103 Å². The molecule has 2 saturated heterocycles. The van der Waals surface area contributed by atoms with Crippen LogP contribution in [0.5, 0.6) is 0 Å². The molecule has 0 spiro atoms. The molecule has 0 unspecified atom stereocenters. The molecule has 1 N–H and O–H groups in total. The normalized spacial score (nSPS) is 14.9. The van der Waals surface area contributed by atoms with E-state index in [9.17, 15) is 43.5 Å². The standard InChI is InChI=1S/C25H26N2O2.C23H26N2O2.C23H28N2O2.C22H26N2O2.C21H19NO2/c1-16-2-3-19-17(16)4-7-21-24(19)25-20-6-9-23(28)18(20)5-8-22(25)27(21)11-10-26-12-14-29-15-13-26;1-16(26)18-6-8-22-20(14-18)21-15-19(17(2)27)7-9-23(21)25(22)13-5-12-24-10-3-4-11-24;1-15(2)24(5)11-6-12-25-22-9-7-18(16(3)26)13-20(22)21-14-19(17(4)27)8-10-23(21)25;1-5-23(4)11-6-12-24-21-9-7-17(15(2)25)13-19(21)20-14-18(16(3)26)8-10-22(20)24;1-12-2-3-15-13(12)4-7-17-20(15)21-16-6-9-19(24)14(16)5-8-18(21)22(17)10-11-23/h4-5,7-8H,1-3,6,9-15H2;6-9,14-15H,3-5,10-13H2,1-2H3;7-10,13-15H,6,11-12H2,1-5H3;7-10,13-14H,5-6,11-12H2,1-4H3;4-5,7-8,23H,1-3,6,9-11H2. The van der Waals surface area contributed by atoms with Crippen molar-refractivity contribution in [2.75, 3.05) is 92.8 Å². The van der Waals surface area contributed by atoms with Crippen LogP contribution < -0.4 is 0 Å². The first-order valence-electron chi connectivity index (χ1n) is 48.1. The number of morpholine rings is 1. The number of rotatable bonds is 25. The molecule has 0 bridgehead atoms. The van der Waals surface area contributed by atoms with E-state index in [1.165, 1.54) is 109 Å². The van der Waals surface area contributed by atoms with Gasteiger partial charge in [0.05, 0.1) is 19.8 Å². The summed E-state index contributed by atoms with van der Waals surface area (Å²) in [6, 6.07) is 53.1. The van der Waals surface area contributed by atoms with Gasteiger partial charge in [-0.3, -0.25) is 43.3 Å². The predicted molar refractivity (Wildman–Crippen MR) is 542 cm³/mol. The molecular weight excluding hydrogens is 1660 g/mol. The Morgan fingerprint density at radius 1 is 0.353 bits per heavy atom. The zero-order valence-electron chi connectivity index (χ0n) is 79.4. The van der Waals surface area contributed by atoms with Crippen molar-refractivity contribution in [3.05, 3.63) is 249 Å². The molecule has 2 aliphatic heterocycles. The molecule has 19 nitrogen and oxygen atoms in total. The number of hydrogen-bond donors (Lipinski definition) is 1. The van der Waals surface area contributed by atoms with Gasteiger partial charge in [-0.25, -0.2) is 0 Å². The van der Waals surface area contributed by atoms with E-state index in [4.69, 9.17) is 4.74 Å². The number of hydrogen-bond acceptors (Lipinski definition) is 14. The van der Waals surface area contributed by atoms with Crippen LogP contribution in [0.15, 0.2) is 171 Å². The average molecular weight is 1780 g/mol. The van der Waals surface area contributed by atoms with Crippen molar-refractivity contribution >= 4 is 166 Å². The van der Waals surface area contributed by atoms with Crippen LogP contribution >= 0.6 is 0 Å². The third-order valence-corrected chi connectivity index (χ3v) is 29.1. The van der Waals surface area contributed by atoms with Gasteiger partial charge in [0, 0.05) is 225 Å². The Morgan fingerprint density at radius 3 is 0.977 bits per heavy atom. The fraction of sp³-hybridized carbons (Fsp3) is 0.368. The van der Waals surface area contributed by atoms with Crippen molar-refractivity contribution < 1.29 is 48.2 Å². The number of carbonyl (C=O) groups excluding carboxylic acids is 8. The topological polar surface area (TPSA) is 204 Å². The highest BCUT2D eigenvalue weighted by Gasteiger charge is 2.32. The minimum Gasteiger partial charge on any atom is -0.395 e. The summed E-state index contributed by atoms with van der Waals surface area (Å²) >= 11 is 0. The van der Waals surface area contributed by atoms with Crippen molar-refractivity contribution in [2.45, 2.75) is 185 Å². The molecular formula is C114H125N9O10. The van der Waals surface area contributed by atoms with Gasteiger partial charge < -0.3 is 47.4 Å². The van der Waals surface area contributed by atoms with Gasteiger partial charge in [-0.1, -0.05) is 32.2 Å². The first-order valence-corrected chi connectivity index (χ1v) is 48.1. The number of carbonyl (C=O) groups is 8. The van der Waals surface area contributed by atoms with Crippen LogP contribution in [0.3, 0.4) is 0 Å². The number of Topliss-reactive ketones (excluding diaryl/α,β-unsaturated/α-hetero) is 8. The molecule has 7 heterocycles. The molecule has 15 aromatic rings. The summed E-state index contributed by atoms with van der Waals surface area (Å²) in [5.74, 6) is 0.905. The summed E-state index contributed by atoms with van der Waals surface area (Å²) in [5.41, 5.74) is 28.0. The molecule has 0 saturated carbocycles. The Kier molecular flexibility index (Phi) is 27.5. The molecule has 19 heteroatoms. The maximum absolute atomic E-state index is 12.4. The van der Waals surface area contributed by atoms with Crippen LogP contribution in [0, 0.1) is 0 Å². The number of aromatic nitrogens is 5. The zero-order valence-corrected chi connectivity index (χ0v) is 79.4. The fourth-order valence-electron chi connectivity index (χ4n) is 21.5. The monoisotopic (exact) mass is 1780 g/mol. The van der Waals surface area contributed by atoms with Gasteiger partial charge in [-0.05, 0) is 370 Å². The quantitative estimate of drug-likeness (QED) is 0.0529. The first kappa shape index (κ1) is 92.6. The second kappa shape index (κ2) is 39.5. The molecule has 0 radical (unpaired) electrons. The number of ether oxygens (including phenoxy) is 1. The van der Waals surface area contributed by atoms with Crippen molar-refractivity contribution in [3.63, 3.8) is 0 Å². The number of allylic oxidation sites excluding steroid dienone is 2. The lowest BCUT2D eigenvalue weighted by atomic mass is 9.97. The fourth-order valence-corrected chi connectivity index (χ4v) is 21.5. The van der Waals surface area contributed by atoms with Gasteiger partial charge in [0.15, 0.2) is 46.3 Å². The SMILES string of the molecule is C=C1CCc2c1ccc1c2c2c3c(ccc2n1CCN1CCOCC1)C(=O)CC3.C=C1CCc2c1ccc1c2c2c3c(ccc2n1CCO)C(=O)CC3.CC(=O)c1ccc2c(c1)c1cc(C(C)=O)ccc1n2CCCN(C)C(C)C.CC(=O)c1ccc2c(c1)c1cc(C(C)=O)ccc1n2CCCN1CCCC1.CCN(C)CCCn1c2ccc(C(C)=O)cc2c2cc(C(C)=O)ccc21. The molecule has 21 rings (SSSR count). The summed E-state index contributed by atoms with van der Waals surface area (Å²) in [7, 11) is 4.28. The molecule has 0 atom stereocenters. The minimum absolute atomic E-state index is 0.0547. The average Bonchev–Trinajstić information content (AvgIpc) is 1.56. The molecule has 0 amide bonds. The lowest BCUT2D eigenvalue weighted by Crippen LogP contribution is -2.38. The summed E-state index contributed by atoms with van der Waals surface area (Å²) in [6.07, 6.45) is 12.9. The van der Waals surface area contributed by atoms with Crippen molar-refractivity contribution in [2.24, 2.45) is 0 Å². The van der Waals surface area contributed by atoms with E-state index in [1.54, 1.807) is 41.5 Å². The van der Waals surface area contributed by atoms with Crippen LogP contribution in [-0.2, 0) is 63.1 Å². The summed E-state index contributed by atoms with van der Waals surface area (Å²) in [5, 5.41) is 21.0. The van der Waals surface area contributed by atoms with Crippen LogP contribution in [0.25, 0.3) is 120 Å². The number of likely N-dealkylation sites (tertiary alicyclic amines) is 1. The Morgan fingerprint density at radius 2 is 0.647 bits per heavy atom. The summed E-state index contributed by atoms with van der Waals surface area (Å²) < 4.78 is 17.2. The number of nitrogens with zero attached hydrogens (tertiary/aromatic N) is 9. The number of aryl methyl sites for hydroxylation is 7. The molecule has 10 aromatic carbocycles. The number of ketones is 8. The highest BCUT2D eigenvalue weighted by molar-refractivity contribution is 6.21. The Hall–Kier alpha value is -12.2. The first-order chi connectivity index (χ1) is 64.2. The van der Waals surface area contributed by atoms with Crippen molar-refractivity contribution in [1.29, 1.82) is 0 Å². The van der Waals surface area contributed by atoms with Crippen LogP contribution in [0.4, 0.5) is 0 Å². The maximum Gasteiger partial charge on any atom is 0.163 e. The van der Waals surface area contributed by atoms with Gasteiger partial charge in [-0.2, -0.15) is 0 Å². The smallest absolute Gasteiger partial charge is 0.163 e. The van der Waals surface area contributed by atoms with E-state index in [0.29, 0.717) is 64.6 Å². The molecule has 6 aliphatic rings. The van der Waals surface area contributed by atoms with E-state index in [2.05, 4.69) is 145 Å². The lowest BCUT2D eigenvalue weighted by Gasteiger charge is -2.27. The van der Waals surface area contributed by atoms with E-state index in [-0.39, 0.29) is 47.1 Å². The van der Waals surface area contributed by atoms with Gasteiger partial charge in [0.2, 0.25) is 0 Å². The number of aliphatic hydroxyl groups excluding tert-OH is 1. The second-order valence-electron chi connectivity index (χ2n) is 37.7. The van der Waals surface area contributed by atoms with Crippen molar-refractivity contribution in [1.82, 2.24) is 42.4 Å². The second-order valence-corrected chi connectivity index (χ2v) is 37.7. The van der Waals surface area contributed by atoms with Crippen LogP contribution in [-0.4, -0.2) is 193 Å². The Labute approximate surface area is 778 Å². The Balaban J connectivity index is 0.000000116. The number of benzene rings is 10. The summed E-state index contributed by atoms with van der Waals surface area (Å²) in [6.45, 7) is 40.4. The third kappa shape index (κ3) is 18.4. The number of fused-ring (bicyclic) bond motifs is 23. The molecule has 5 aromatic heterocycles. The van der Waals surface area contributed by atoms with Crippen LogP contribution in [0.2, 0.25) is 0 Å². The molecule has 133 heavy (non-hydrogen) atoms. The van der Waals surface area contributed by atoms with E-state index >= 15 is 0 Å². The van der Waals surface area contributed by atoms with Crippen LogP contribution in [0.1, 0.15) is 236 Å². The van der Waals surface area contributed by atoms with E-state index in [0.717, 1.165) is 225 Å². The molecule has 686 valence electrons. The van der Waals surface area contributed by atoms with Gasteiger partial charge >= 0.3 is 0 Å². The van der Waals surface area contributed by atoms with Gasteiger partial charge in [0.25, 0.3) is 0 Å².